The summed E-state index contributed by atoms with van der Waals surface area (Å²) in [5.41, 5.74) is 4.00. The van der Waals surface area contributed by atoms with Crippen LogP contribution >= 0.6 is 0 Å². The average molecular weight is 453 g/mol. The zero-order valence-corrected chi connectivity index (χ0v) is 19.6. The molecule has 0 fully saturated rings. The fourth-order valence-electron chi connectivity index (χ4n) is 4.16. The zero-order chi connectivity index (χ0) is 24.2. The highest BCUT2D eigenvalue weighted by Gasteiger charge is 2.33. The summed E-state index contributed by atoms with van der Waals surface area (Å²) < 4.78 is 5.51. The smallest absolute Gasteiger partial charge is 0.407 e. The number of carbonyl (C=O) groups excluding carboxylic acids is 2. The van der Waals surface area contributed by atoms with Crippen LogP contribution in [0.3, 0.4) is 0 Å². The van der Waals surface area contributed by atoms with Crippen LogP contribution < -0.4 is 10.6 Å². The van der Waals surface area contributed by atoms with E-state index in [2.05, 4.69) is 34.9 Å². The number of ether oxygens (including phenoxy) is 1. The van der Waals surface area contributed by atoms with Crippen LogP contribution in [0.15, 0.2) is 48.5 Å². The topological polar surface area (TPSA) is 105 Å². The highest BCUT2D eigenvalue weighted by Crippen LogP contribution is 2.44. The number of amides is 2. The minimum absolute atomic E-state index is 0.0169. The van der Waals surface area contributed by atoms with Crippen molar-refractivity contribution in [1.29, 1.82) is 0 Å². The first-order valence-corrected chi connectivity index (χ1v) is 11.2. The molecule has 3 N–H and O–H groups in total. The van der Waals surface area contributed by atoms with Gasteiger partial charge >= 0.3 is 12.1 Å². The first-order valence-electron chi connectivity index (χ1n) is 11.2. The van der Waals surface area contributed by atoms with Crippen LogP contribution in [0, 0.1) is 11.3 Å². The van der Waals surface area contributed by atoms with Gasteiger partial charge in [0.2, 0.25) is 5.91 Å². The van der Waals surface area contributed by atoms with E-state index in [1.165, 1.54) is 0 Å². The van der Waals surface area contributed by atoms with Gasteiger partial charge in [-0.15, -0.1) is 0 Å². The molecule has 7 heteroatoms. The summed E-state index contributed by atoms with van der Waals surface area (Å²) in [4.78, 5) is 36.0. The first-order chi connectivity index (χ1) is 15.6. The molecule has 0 aromatic heterocycles. The summed E-state index contributed by atoms with van der Waals surface area (Å²) in [5, 5.41) is 14.6. The molecule has 0 spiro atoms. The predicted octanol–water partition coefficient (Wildman–Crippen LogP) is 4.17. The summed E-state index contributed by atoms with van der Waals surface area (Å²) >= 11 is 0. The van der Waals surface area contributed by atoms with E-state index in [9.17, 15) is 19.5 Å². The van der Waals surface area contributed by atoms with Crippen LogP contribution in [0.2, 0.25) is 0 Å². The largest absolute Gasteiger partial charge is 0.480 e. The number of nitrogens with one attached hydrogen (secondary N) is 2. The fourth-order valence-corrected chi connectivity index (χ4v) is 4.16. The quantitative estimate of drug-likeness (QED) is 0.558. The second kappa shape index (κ2) is 10.1. The van der Waals surface area contributed by atoms with E-state index in [1.54, 1.807) is 20.8 Å². The maximum absolute atomic E-state index is 12.3. The number of carboxylic acid groups (broad SMARTS) is 1. The number of carbonyl (C=O) groups is 3. The Bertz CT molecular complexity index is 982. The van der Waals surface area contributed by atoms with E-state index in [0.29, 0.717) is 0 Å². The second-order valence-corrected chi connectivity index (χ2v) is 9.72. The monoisotopic (exact) mass is 452 g/mol. The summed E-state index contributed by atoms with van der Waals surface area (Å²) in [5.74, 6) is -1.63. The summed E-state index contributed by atoms with van der Waals surface area (Å²) in [7, 11) is 0. The highest BCUT2D eigenvalue weighted by molar-refractivity contribution is 5.84. The maximum Gasteiger partial charge on any atom is 0.407 e. The van der Waals surface area contributed by atoms with Crippen molar-refractivity contribution in [3.63, 3.8) is 0 Å². The van der Waals surface area contributed by atoms with Crippen molar-refractivity contribution in [2.75, 3.05) is 13.2 Å². The lowest BCUT2D eigenvalue weighted by Crippen LogP contribution is -2.49. The van der Waals surface area contributed by atoms with Gasteiger partial charge in [0.1, 0.15) is 12.6 Å². The van der Waals surface area contributed by atoms with Gasteiger partial charge in [-0.05, 0) is 33.6 Å². The van der Waals surface area contributed by atoms with Gasteiger partial charge in [0.15, 0.2) is 0 Å². The lowest BCUT2D eigenvalue weighted by Gasteiger charge is -2.28. The van der Waals surface area contributed by atoms with Crippen molar-refractivity contribution >= 4 is 18.0 Å². The molecule has 2 aromatic carbocycles. The Balaban J connectivity index is 1.48. The molecule has 1 aliphatic carbocycles. The number of fused-ring (bicyclic) bond motifs is 3. The van der Waals surface area contributed by atoms with E-state index in [0.717, 1.165) is 22.3 Å². The first kappa shape index (κ1) is 24.3. The number of benzene rings is 2. The molecule has 0 bridgehead atoms. The molecule has 2 atom stereocenters. The summed E-state index contributed by atoms with van der Waals surface area (Å²) in [6.45, 7) is 7.56. The van der Waals surface area contributed by atoms with Crippen LogP contribution in [0.25, 0.3) is 11.1 Å². The van der Waals surface area contributed by atoms with Crippen LogP contribution in [-0.4, -0.2) is 42.3 Å². The minimum Gasteiger partial charge on any atom is -0.480 e. The second-order valence-electron chi connectivity index (χ2n) is 9.72. The molecule has 0 aliphatic heterocycles. The molecule has 0 saturated heterocycles. The van der Waals surface area contributed by atoms with Crippen molar-refractivity contribution in [3.8, 4) is 11.1 Å². The fraction of sp³-hybridized carbons (Fsp3) is 0.423. The number of aliphatic carboxylic acids is 1. The lowest BCUT2D eigenvalue weighted by molar-refractivity contribution is -0.145. The normalized spacial score (nSPS) is 14.5. The third kappa shape index (κ3) is 5.92. The molecule has 1 aliphatic rings. The van der Waals surface area contributed by atoms with Gasteiger partial charge in [-0.2, -0.15) is 0 Å². The number of alkyl carbamates (subject to hydrolysis) is 1. The molecule has 33 heavy (non-hydrogen) atoms. The van der Waals surface area contributed by atoms with Gasteiger partial charge in [0.05, 0.1) is 0 Å². The Kier molecular flexibility index (Phi) is 7.41. The van der Waals surface area contributed by atoms with Crippen LogP contribution in [0.5, 0.6) is 0 Å². The van der Waals surface area contributed by atoms with Crippen LogP contribution in [0.1, 0.15) is 51.2 Å². The van der Waals surface area contributed by atoms with E-state index < -0.39 is 23.5 Å². The van der Waals surface area contributed by atoms with Gasteiger partial charge in [-0.3, -0.25) is 4.79 Å². The van der Waals surface area contributed by atoms with Crippen molar-refractivity contribution in [2.45, 2.75) is 46.1 Å². The Hall–Kier alpha value is -3.35. The van der Waals surface area contributed by atoms with Gasteiger partial charge < -0.3 is 20.5 Å². The third-order valence-corrected chi connectivity index (χ3v) is 5.89. The van der Waals surface area contributed by atoms with Crippen molar-refractivity contribution in [3.05, 3.63) is 59.7 Å². The van der Waals surface area contributed by atoms with E-state index in [1.807, 2.05) is 31.2 Å². The Morgan fingerprint density at radius 1 is 1.00 bits per heavy atom. The van der Waals surface area contributed by atoms with Gasteiger partial charge in [-0.1, -0.05) is 76.2 Å². The molecule has 3 rings (SSSR count). The summed E-state index contributed by atoms with van der Waals surface area (Å²) in [6, 6.07) is 15.3. The maximum atomic E-state index is 12.3. The zero-order valence-electron chi connectivity index (χ0n) is 19.6. The minimum atomic E-state index is -1.07. The van der Waals surface area contributed by atoms with E-state index in [4.69, 9.17) is 4.74 Å². The van der Waals surface area contributed by atoms with Crippen LogP contribution in [-0.2, 0) is 14.3 Å². The molecular weight excluding hydrogens is 420 g/mol. The van der Waals surface area contributed by atoms with E-state index in [-0.39, 0.29) is 37.3 Å². The predicted molar refractivity (Wildman–Crippen MR) is 126 cm³/mol. The molecular formula is C26H32N2O5. The number of rotatable bonds is 8. The molecule has 2 aromatic rings. The molecule has 1 unspecified atom stereocenters. The van der Waals surface area contributed by atoms with Crippen molar-refractivity contribution < 1.29 is 24.2 Å². The highest BCUT2D eigenvalue weighted by atomic mass is 16.5. The van der Waals surface area contributed by atoms with Gasteiger partial charge in [0, 0.05) is 18.9 Å². The third-order valence-electron chi connectivity index (χ3n) is 5.89. The Morgan fingerprint density at radius 3 is 2.06 bits per heavy atom. The SMILES string of the molecule is CC(CNC(=O)OCC1c2ccccc2-c2ccccc21)CC(=O)N[C@H](C(=O)O)C(C)(C)C. The van der Waals surface area contributed by atoms with Gasteiger partial charge in [0.25, 0.3) is 0 Å². The molecule has 2 amide bonds. The van der Waals surface area contributed by atoms with Crippen LogP contribution in [0.4, 0.5) is 4.79 Å². The number of hydrogen-bond donors (Lipinski definition) is 3. The Morgan fingerprint density at radius 2 is 1.55 bits per heavy atom. The Labute approximate surface area is 194 Å². The average Bonchev–Trinajstić information content (AvgIpc) is 3.07. The molecule has 7 nitrogen and oxygen atoms in total. The molecule has 0 saturated carbocycles. The van der Waals surface area contributed by atoms with Gasteiger partial charge in [-0.25, -0.2) is 9.59 Å². The van der Waals surface area contributed by atoms with E-state index >= 15 is 0 Å². The standard InChI is InChI=1S/C26H32N2O5/c1-16(13-22(29)28-23(24(30)31)26(2,3)4)14-27-25(32)33-15-21-19-11-7-5-9-17(19)18-10-6-8-12-20(18)21/h5-12,16,21,23H,13-15H2,1-4H3,(H,27,32)(H,28,29)(H,30,31)/t16?,23-/m1/s1. The van der Waals surface area contributed by atoms with Crippen molar-refractivity contribution in [2.24, 2.45) is 11.3 Å². The van der Waals surface area contributed by atoms with Crippen molar-refractivity contribution in [1.82, 2.24) is 10.6 Å². The molecule has 176 valence electrons. The molecule has 0 heterocycles. The number of carboxylic acids is 1. The summed E-state index contributed by atoms with van der Waals surface area (Å²) in [6.07, 6.45) is -0.439. The lowest BCUT2D eigenvalue weighted by atomic mass is 9.86. The number of hydrogen-bond acceptors (Lipinski definition) is 4. The molecule has 0 radical (unpaired) electrons.